The molecule has 2 saturated heterocycles. The summed E-state index contributed by atoms with van der Waals surface area (Å²) in [5.74, 6) is 1.66. The third-order valence-corrected chi connectivity index (χ3v) is 5.39. The van der Waals surface area contributed by atoms with Gasteiger partial charge >= 0.3 is 0 Å². The summed E-state index contributed by atoms with van der Waals surface area (Å²) in [6, 6.07) is 2.15. The summed E-state index contributed by atoms with van der Waals surface area (Å²) in [4.78, 5) is 29.6. The lowest BCUT2D eigenvalue weighted by atomic mass is 9.93. The second kappa shape index (κ2) is 7.80. The average Bonchev–Trinajstić information content (AvgIpc) is 3.40. The van der Waals surface area contributed by atoms with Crippen molar-refractivity contribution in [2.75, 3.05) is 31.1 Å². The first-order valence-corrected chi connectivity index (χ1v) is 9.46. The number of anilines is 1. The van der Waals surface area contributed by atoms with E-state index in [9.17, 15) is 4.79 Å². The molecule has 4 heterocycles. The second-order valence-electron chi connectivity index (χ2n) is 7.06. The molecule has 2 aromatic heterocycles. The quantitative estimate of drug-likeness (QED) is 0.808. The van der Waals surface area contributed by atoms with Gasteiger partial charge in [-0.05, 0) is 25.7 Å². The van der Waals surface area contributed by atoms with Crippen LogP contribution in [0.5, 0.6) is 0 Å². The summed E-state index contributed by atoms with van der Waals surface area (Å²) >= 11 is 0. The number of carbonyl (C=O) groups excluding carboxylic acids is 1. The average molecular weight is 355 g/mol. The fraction of sp³-hybridized carbons (Fsp3) is 0.611. The van der Waals surface area contributed by atoms with E-state index >= 15 is 0 Å². The minimum Gasteiger partial charge on any atom is -0.357 e. The van der Waals surface area contributed by atoms with E-state index in [0.29, 0.717) is 18.9 Å². The molecule has 8 heteroatoms. The molecular weight excluding hydrogens is 330 g/mol. The maximum Gasteiger partial charge on any atom is 0.224 e. The zero-order valence-corrected chi connectivity index (χ0v) is 15.0. The van der Waals surface area contributed by atoms with Crippen LogP contribution >= 0.6 is 0 Å². The Morgan fingerprint density at radius 2 is 1.88 bits per heavy atom. The molecule has 0 atom stereocenters. The molecule has 0 N–H and O–H groups in total. The van der Waals surface area contributed by atoms with Crippen LogP contribution in [0.25, 0.3) is 0 Å². The molecule has 2 aromatic rings. The lowest BCUT2D eigenvalue weighted by molar-refractivity contribution is -0.132. The second-order valence-corrected chi connectivity index (χ2v) is 7.06. The van der Waals surface area contributed by atoms with Crippen LogP contribution in [0.1, 0.15) is 43.7 Å². The summed E-state index contributed by atoms with van der Waals surface area (Å²) < 4.78 is 1.70. The first kappa shape index (κ1) is 16.9. The highest BCUT2D eigenvalue weighted by Gasteiger charge is 2.25. The molecule has 26 heavy (non-hydrogen) atoms. The molecule has 0 saturated carbocycles. The number of aryl methyl sites for hydroxylation is 1. The van der Waals surface area contributed by atoms with Crippen LogP contribution in [-0.2, 0) is 11.3 Å². The van der Waals surface area contributed by atoms with Crippen molar-refractivity contribution in [3.05, 3.63) is 30.7 Å². The van der Waals surface area contributed by atoms with Crippen LogP contribution < -0.4 is 4.90 Å². The summed E-state index contributed by atoms with van der Waals surface area (Å²) in [5.41, 5.74) is 1.12. The highest BCUT2D eigenvalue weighted by atomic mass is 16.2. The van der Waals surface area contributed by atoms with Crippen molar-refractivity contribution in [1.29, 1.82) is 0 Å². The number of piperidine rings is 1. The number of hydrogen-bond acceptors (Lipinski definition) is 6. The number of nitrogens with zero attached hydrogens (tertiary/aromatic N) is 7. The Hall–Kier alpha value is -2.51. The van der Waals surface area contributed by atoms with Gasteiger partial charge in [-0.3, -0.25) is 9.48 Å². The zero-order chi connectivity index (χ0) is 17.8. The first-order chi connectivity index (χ1) is 12.8. The van der Waals surface area contributed by atoms with Crippen LogP contribution in [0, 0.1) is 0 Å². The van der Waals surface area contributed by atoms with Crippen molar-refractivity contribution in [2.24, 2.45) is 0 Å². The van der Waals surface area contributed by atoms with Crippen molar-refractivity contribution < 1.29 is 4.79 Å². The normalized spacial score (nSPS) is 18.5. The van der Waals surface area contributed by atoms with Crippen LogP contribution in [-0.4, -0.2) is 61.7 Å². The predicted molar refractivity (Wildman–Crippen MR) is 96.7 cm³/mol. The highest BCUT2D eigenvalue weighted by molar-refractivity contribution is 5.76. The van der Waals surface area contributed by atoms with E-state index in [1.54, 1.807) is 17.3 Å². The topological polar surface area (TPSA) is 80.0 Å². The number of carbonyl (C=O) groups is 1. The maximum absolute atomic E-state index is 12.4. The van der Waals surface area contributed by atoms with Gasteiger partial charge in [-0.2, -0.15) is 5.10 Å². The first-order valence-electron chi connectivity index (χ1n) is 9.46. The molecule has 0 bridgehead atoms. The Kier molecular flexibility index (Phi) is 5.08. The Balaban J connectivity index is 1.30. The summed E-state index contributed by atoms with van der Waals surface area (Å²) in [6.45, 7) is 4.36. The van der Waals surface area contributed by atoms with E-state index < -0.39 is 0 Å². The van der Waals surface area contributed by atoms with Crippen LogP contribution in [0.4, 0.5) is 5.82 Å². The number of rotatable bonds is 5. The summed E-state index contributed by atoms with van der Waals surface area (Å²) in [7, 11) is 0. The largest absolute Gasteiger partial charge is 0.357 e. The van der Waals surface area contributed by atoms with Gasteiger partial charge in [0.2, 0.25) is 5.91 Å². The monoisotopic (exact) mass is 355 g/mol. The van der Waals surface area contributed by atoms with Gasteiger partial charge in [0.1, 0.15) is 24.8 Å². The molecule has 0 aromatic carbocycles. The lowest BCUT2D eigenvalue weighted by Gasteiger charge is -2.32. The molecule has 138 valence electrons. The zero-order valence-electron chi connectivity index (χ0n) is 15.0. The smallest absolute Gasteiger partial charge is 0.224 e. The molecule has 0 radical (unpaired) electrons. The van der Waals surface area contributed by atoms with Crippen molar-refractivity contribution in [2.45, 2.75) is 44.6 Å². The van der Waals surface area contributed by atoms with Gasteiger partial charge in [-0.1, -0.05) is 0 Å². The van der Waals surface area contributed by atoms with E-state index in [0.717, 1.165) is 50.5 Å². The van der Waals surface area contributed by atoms with E-state index in [2.05, 4.69) is 31.0 Å². The molecule has 2 aliphatic rings. The minimum absolute atomic E-state index is 0.194. The highest BCUT2D eigenvalue weighted by Crippen LogP contribution is 2.29. The molecule has 0 unspecified atom stereocenters. The van der Waals surface area contributed by atoms with Gasteiger partial charge in [0.15, 0.2) is 0 Å². The number of aromatic nitrogens is 5. The van der Waals surface area contributed by atoms with Gasteiger partial charge < -0.3 is 9.80 Å². The van der Waals surface area contributed by atoms with Gasteiger partial charge in [-0.25, -0.2) is 15.0 Å². The number of amides is 1. The fourth-order valence-corrected chi connectivity index (χ4v) is 3.85. The standard InChI is InChI=1S/C18H25N7O/c26-18(5-10-25-14-19-12-22-25)24-8-3-15(4-9-24)16-11-17(21-13-20-16)23-6-1-2-7-23/h11-15H,1-10H2. The Morgan fingerprint density at radius 3 is 2.62 bits per heavy atom. The van der Waals surface area contributed by atoms with Gasteiger partial charge in [0.25, 0.3) is 0 Å². The molecule has 1 amide bonds. The summed E-state index contributed by atoms with van der Waals surface area (Å²) in [5, 5.41) is 4.04. The molecule has 2 aliphatic heterocycles. The third-order valence-electron chi connectivity index (χ3n) is 5.39. The maximum atomic E-state index is 12.4. The molecule has 2 fully saturated rings. The molecule has 8 nitrogen and oxygen atoms in total. The molecule has 4 rings (SSSR count). The van der Waals surface area contributed by atoms with Crippen LogP contribution in [0.15, 0.2) is 25.0 Å². The van der Waals surface area contributed by atoms with Gasteiger partial charge in [0.05, 0.1) is 6.54 Å². The van der Waals surface area contributed by atoms with E-state index in [4.69, 9.17) is 0 Å². The number of hydrogen-bond donors (Lipinski definition) is 0. The van der Waals surface area contributed by atoms with Crippen LogP contribution in [0.3, 0.4) is 0 Å². The third kappa shape index (κ3) is 3.84. The van der Waals surface area contributed by atoms with Gasteiger partial charge in [-0.15, -0.1) is 0 Å². The molecular formula is C18H25N7O. The SMILES string of the molecule is O=C(CCn1cncn1)N1CCC(c2cc(N3CCCC3)ncn2)CC1. The number of likely N-dealkylation sites (tertiary alicyclic amines) is 1. The van der Waals surface area contributed by atoms with Gasteiger partial charge in [0, 0.05) is 50.3 Å². The predicted octanol–water partition coefficient (Wildman–Crippen LogP) is 1.46. The van der Waals surface area contributed by atoms with Crippen LogP contribution in [0.2, 0.25) is 0 Å². The van der Waals surface area contributed by atoms with Crippen molar-refractivity contribution >= 4 is 11.7 Å². The lowest BCUT2D eigenvalue weighted by Crippen LogP contribution is -2.38. The molecule has 0 aliphatic carbocycles. The fourth-order valence-electron chi connectivity index (χ4n) is 3.85. The Morgan fingerprint density at radius 1 is 1.08 bits per heavy atom. The van der Waals surface area contributed by atoms with Crippen molar-refractivity contribution in [3.8, 4) is 0 Å². The summed E-state index contributed by atoms with van der Waals surface area (Å²) in [6.07, 6.45) is 9.72. The van der Waals surface area contributed by atoms with Crippen molar-refractivity contribution in [3.63, 3.8) is 0 Å². The molecule has 0 spiro atoms. The Bertz CT molecular complexity index is 719. The minimum atomic E-state index is 0.194. The van der Waals surface area contributed by atoms with E-state index in [1.807, 2.05) is 4.90 Å². The van der Waals surface area contributed by atoms with E-state index in [1.165, 1.54) is 19.2 Å². The van der Waals surface area contributed by atoms with E-state index in [-0.39, 0.29) is 5.91 Å². The van der Waals surface area contributed by atoms with Crippen molar-refractivity contribution in [1.82, 2.24) is 29.6 Å². The Labute approximate surface area is 153 Å².